The fraction of sp³-hybridized carbons (Fsp3) is 0.400. The van der Waals surface area contributed by atoms with Gasteiger partial charge in [-0.3, -0.25) is 0 Å². The van der Waals surface area contributed by atoms with E-state index in [0.29, 0.717) is 0 Å². The third-order valence-electron chi connectivity index (χ3n) is 5.32. The third kappa shape index (κ3) is 5.83. The molecule has 0 aromatic heterocycles. The number of benzene rings is 2. The summed E-state index contributed by atoms with van der Waals surface area (Å²) in [6, 6.07) is 14.1. The molecule has 0 aliphatic heterocycles. The number of carbonyl (C=O) groups is 3. The number of alkyl carbamates (subject to hydrolysis) is 2. The molecule has 2 unspecified atom stereocenters. The predicted molar refractivity (Wildman–Crippen MR) is 123 cm³/mol. The summed E-state index contributed by atoms with van der Waals surface area (Å²) in [5.41, 5.74) is 3.71. The number of hydrogen-bond donors (Lipinski definition) is 2. The first kappa shape index (κ1) is 24.1. The molecule has 176 valence electrons. The maximum Gasteiger partial charge on any atom is 0.408 e. The summed E-state index contributed by atoms with van der Waals surface area (Å²) in [6.07, 6.45) is -1.50. The van der Waals surface area contributed by atoms with Gasteiger partial charge in [0, 0.05) is 5.92 Å². The van der Waals surface area contributed by atoms with Crippen LogP contribution in [-0.2, 0) is 19.0 Å². The fourth-order valence-electron chi connectivity index (χ4n) is 3.86. The van der Waals surface area contributed by atoms with Gasteiger partial charge in [0.1, 0.15) is 18.2 Å². The minimum absolute atomic E-state index is 0.0882. The van der Waals surface area contributed by atoms with Crippen molar-refractivity contribution in [3.8, 4) is 11.1 Å². The van der Waals surface area contributed by atoms with E-state index >= 15 is 0 Å². The minimum Gasteiger partial charge on any atom is -0.467 e. The molecule has 8 heteroatoms. The Labute approximate surface area is 193 Å². The number of amides is 2. The van der Waals surface area contributed by atoms with Crippen LogP contribution in [0.2, 0.25) is 0 Å². The smallest absolute Gasteiger partial charge is 0.408 e. The summed E-state index contributed by atoms with van der Waals surface area (Å²) in [5.74, 6) is -0.804. The van der Waals surface area contributed by atoms with Crippen molar-refractivity contribution in [2.75, 3.05) is 13.7 Å². The normalized spacial score (nSPS) is 14.3. The number of fused-ring (bicyclic) bond motifs is 3. The number of rotatable bonds is 6. The molecule has 0 saturated carbocycles. The van der Waals surface area contributed by atoms with E-state index in [4.69, 9.17) is 14.2 Å². The van der Waals surface area contributed by atoms with E-state index < -0.39 is 35.8 Å². The quantitative estimate of drug-likeness (QED) is 0.506. The molecular weight excluding hydrogens is 424 g/mol. The lowest BCUT2D eigenvalue weighted by Crippen LogP contribution is -2.55. The van der Waals surface area contributed by atoms with E-state index in [2.05, 4.69) is 22.8 Å². The molecule has 33 heavy (non-hydrogen) atoms. The first-order valence-electron chi connectivity index (χ1n) is 10.8. The third-order valence-corrected chi connectivity index (χ3v) is 5.32. The summed E-state index contributed by atoms with van der Waals surface area (Å²) in [5, 5.41) is 5.05. The molecule has 2 amide bonds. The second-order valence-corrected chi connectivity index (χ2v) is 8.91. The fourth-order valence-corrected chi connectivity index (χ4v) is 3.86. The van der Waals surface area contributed by atoms with E-state index in [1.807, 2.05) is 36.4 Å². The van der Waals surface area contributed by atoms with Gasteiger partial charge in [-0.25, -0.2) is 14.4 Å². The summed E-state index contributed by atoms with van der Waals surface area (Å²) < 4.78 is 15.5. The molecule has 0 heterocycles. The van der Waals surface area contributed by atoms with E-state index in [1.54, 1.807) is 27.7 Å². The van der Waals surface area contributed by atoms with Crippen LogP contribution < -0.4 is 10.6 Å². The van der Waals surface area contributed by atoms with Gasteiger partial charge < -0.3 is 24.8 Å². The average molecular weight is 455 g/mol. The van der Waals surface area contributed by atoms with Crippen LogP contribution >= 0.6 is 0 Å². The average Bonchev–Trinajstić information content (AvgIpc) is 3.08. The molecule has 2 N–H and O–H groups in total. The van der Waals surface area contributed by atoms with Crippen molar-refractivity contribution in [1.82, 2.24) is 10.6 Å². The van der Waals surface area contributed by atoms with Crippen molar-refractivity contribution in [2.45, 2.75) is 51.3 Å². The molecule has 3 rings (SSSR count). The molecule has 2 aromatic carbocycles. The van der Waals surface area contributed by atoms with E-state index in [0.717, 1.165) is 22.3 Å². The molecule has 1 aliphatic carbocycles. The molecule has 0 spiro atoms. The second-order valence-electron chi connectivity index (χ2n) is 8.91. The van der Waals surface area contributed by atoms with Crippen LogP contribution in [0.1, 0.15) is 44.7 Å². The predicted octanol–water partition coefficient (Wildman–Crippen LogP) is 3.98. The van der Waals surface area contributed by atoms with Crippen LogP contribution in [-0.4, -0.2) is 49.6 Å². The van der Waals surface area contributed by atoms with E-state index in [1.165, 1.54) is 7.11 Å². The maximum atomic E-state index is 12.5. The first-order chi connectivity index (χ1) is 15.6. The van der Waals surface area contributed by atoms with Crippen LogP contribution in [0.5, 0.6) is 0 Å². The number of carbonyl (C=O) groups excluding carboxylic acids is 3. The Balaban J connectivity index is 1.63. The van der Waals surface area contributed by atoms with Crippen molar-refractivity contribution in [3.63, 3.8) is 0 Å². The summed E-state index contributed by atoms with van der Waals surface area (Å²) in [6.45, 7) is 6.82. The van der Waals surface area contributed by atoms with Crippen molar-refractivity contribution in [2.24, 2.45) is 0 Å². The van der Waals surface area contributed by atoms with Crippen LogP contribution in [0.3, 0.4) is 0 Å². The number of hydrogen-bond acceptors (Lipinski definition) is 6. The molecule has 0 fully saturated rings. The number of ether oxygens (including phenoxy) is 3. The van der Waals surface area contributed by atoms with E-state index in [-0.39, 0.29) is 12.5 Å². The molecule has 1 aliphatic rings. The number of methoxy groups -OCH3 is 1. The zero-order valence-corrected chi connectivity index (χ0v) is 19.5. The van der Waals surface area contributed by atoms with Crippen LogP contribution in [0, 0.1) is 0 Å². The molecule has 0 bridgehead atoms. The van der Waals surface area contributed by atoms with Gasteiger partial charge >= 0.3 is 18.2 Å². The van der Waals surface area contributed by atoms with Gasteiger partial charge in [-0.15, -0.1) is 0 Å². The molecule has 2 atom stereocenters. The summed E-state index contributed by atoms with van der Waals surface area (Å²) >= 11 is 0. The Morgan fingerprint density at radius 1 is 0.909 bits per heavy atom. The van der Waals surface area contributed by atoms with Crippen LogP contribution in [0.15, 0.2) is 48.5 Å². The summed E-state index contributed by atoms with van der Waals surface area (Å²) in [7, 11) is 1.20. The molecular formula is C25H30N2O6. The zero-order valence-electron chi connectivity index (χ0n) is 19.5. The minimum atomic E-state index is -1.15. The van der Waals surface area contributed by atoms with Crippen LogP contribution in [0.25, 0.3) is 11.1 Å². The largest absolute Gasteiger partial charge is 0.467 e. The topological polar surface area (TPSA) is 103 Å². The lowest BCUT2D eigenvalue weighted by atomic mass is 9.98. The molecule has 0 radical (unpaired) electrons. The second kappa shape index (κ2) is 9.94. The van der Waals surface area contributed by atoms with Crippen molar-refractivity contribution < 1.29 is 28.6 Å². The van der Waals surface area contributed by atoms with Gasteiger partial charge in [0.25, 0.3) is 0 Å². The van der Waals surface area contributed by atoms with Gasteiger partial charge in [0.2, 0.25) is 0 Å². The Hall–Kier alpha value is -3.55. The highest BCUT2D eigenvalue weighted by molar-refractivity contribution is 5.83. The number of nitrogens with one attached hydrogen (secondary N) is 2. The van der Waals surface area contributed by atoms with Crippen molar-refractivity contribution >= 4 is 18.2 Å². The maximum absolute atomic E-state index is 12.5. The van der Waals surface area contributed by atoms with Gasteiger partial charge in [-0.2, -0.15) is 0 Å². The molecule has 2 aromatic rings. The Bertz CT molecular complexity index is 984. The lowest BCUT2D eigenvalue weighted by molar-refractivity contribution is -0.143. The first-order valence-corrected chi connectivity index (χ1v) is 10.8. The van der Waals surface area contributed by atoms with E-state index in [9.17, 15) is 14.4 Å². The highest BCUT2D eigenvalue weighted by atomic mass is 16.6. The van der Waals surface area contributed by atoms with Crippen molar-refractivity contribution in [1.29, 1.82) is 0 Å². The highest BCUT2D eigenvalue weighted by Crippen LogP contribution is 2.44. The summed E-state index contributed by atoms with van der Waals surface area (Å²) in [4.78, 5) is 36.9. The Morgan fingerprint density at radius 3 is 1.97 bits per heavy atom. The SMILES string of the molecule is COC(=O)C(NC(=O)OC(C)(C)C)C(C)NC(=O)OCC1c2ccccc2-c2ccccc21. The molecule has 8 nitrogen and oxygen atoms in total. The molecule has 0 saturated heterocycles. The van der Waals surface area contributed by atoms with Gasteiger partial charge in [-0.1, -0.05) is 48.5 Å². The monoisotopic (exact) mass is 454 g/mol. The highest BCUT2D eigenvalue weighted by Gasteiger charge is 2.32. The van der Waals surface area contributed by atoms with Gasteiger partial charge in [0.15, 0.2) is 0 Å². The van der Waals surface area contributed by atoms with Gasteiger partial charge in [0.05, 0.1) is 13.2 Å². The number of esters is 1. The lowest BCUT2D eigenvalue weighted by Gasteiger charge is -2.26. The standard InChI is InChI=1S/C25H30N2O6/c1-15(21(22(28)31-5)27-24(30)33-25(2,3)4)26-23(29)32-14-20-18-12-8-6-10-16(18)17-11-7-9-13-19(17)20/h6-13,15,20-21H,14H2,1-5H3,(H,26,29)(H,27,30). The van der Waals surface area contributed by atoms with Crippen molar-refractivity contribution in [3.05, 3.63) is 59.7 Å². The Kier molecular flexibility index (Phi) is 7.26. The van der Waals surface area contributed by atoms with Gasteiger partial charge in [-0.05, 0) is 49.9 Å². The Morgan fingerprint density at radius 2 is 1.45 bits per heavy atom. The van der Waals surface area contributed by atoms with Crippen LogP contribution in [0.4, 0.5) is 9.59 Å². The zero-order chi connectivity index (χ0) is 24.2.